The van der Waals surface area contributed by atoms with Gasteiger partial charge < -0.3 is 25.7 Å². The Labute approximate surface area is 80.2 Å². The van der Waals surface area contributed by atoms with Crippen molar-refractivity contribution in [1.29, 1.82) is 0 Å². The van der Waals surface area contributed by atoms with Crippen LogP contribution in [-0.4, -0.2) is 56.3 Å². The molecule has 0 bridgehead atoms. The van der Waals surface area contributed by atoms with Crippen molar-refractivity contribution in [2.75, 3.05) is 0 Å². The molecule has 1 heterocycles. The number of hydrogen-bond acceptors (Lipinski definition) is 5. The summed E-state index contributed by atoms with van der Waals surface area (Å²) in [5.41, 5.74) is -1.73. The van der Waals surface area contributed by atoms with E-state index in [9.17, 15) is 25.2 Å². The Hall–Kier alpha value is -0.690. The molecule has 14 heavy (non-hydrogen) atoms. The summed E-state index contributed by atoms with van der Waals surface area (Å²) in [4.78, 5) is 11.2. The Bertz CT molecular complexity index is 279. The molecule has 2 rings (SSSR count). The van der Waals surface area contributed by atoms with Crippen molar-refractivity contribution in [3.8, 4) is 0 Å². The van der Waals surface area contributed by atoms with Crippen LogP contribution in [0.5, 0.6) is 0 Å². The van der Waals surface area contributed by atoms with Crippen LogP contribution in [0.4, 0.5) is 0 Å². The van der Waals surface area contributed by atoms with Crippen molar-refractivity contribution in [3.63, 3.8) is 0 Å². The van der Waals surface area contributed by atoms with E-state index in [1.54, 1.807) is 0 Å². The summed E-state index contributed by atoms with van der Waals surface area (Å²) in [7, 11) is 0. The predicted molar refractivity (Wildman–Crippen MR) is 44.1 cm³/mol. The fraction of sp³-hybridized carbons (Fsp3) is 0.875. The molecule has 1 saturated heterocycles. The van der Waals surface area contributed by atoms with Crippen LogP contribution in [0.25, 0.3) is 0 Å². The van der Waals surface area contributed by atoms with Crippen molar-refractivity contribution >= 4 is 5.91 Å². The first-order valence-corrected chi connectivity index (χ1v) is 4.45. The standard InChI is InChI=1S/C8H13NO5/c1-8(14)2-3(9-7(8)13)5(11)6(12)4(2)10/h2-6,10-12,14H,1H3,(H,9,13)/t2-,3+,4-,5+,6+,8+/m1/s1. The summed E-state index contributed by atoms with van der Waals surface area (Å²) in [6, 6.07) is -0.775. The summed E-state index contributed by atoms with van der Waals surface area (Å²) >= 11 is 0. The maximum absolute atomic E-state index is 11.2. The van der Waals surface area contributed by atoms with Gasteiger partial charge in [-0.25, -0.2) is 0 Å². The summed E-state index contributed by atoms with van der Waals surface area (Å²) in [5.74, 6) is -1.49. The van der Waals surface area contributed by atoms with E-state index in [0.29, 0.717) is 0 Å². The number of aliphatic hydroxyl groups is 4. The van der Waals surface area contributed by atoms with Crippen molar-refractivity contribution in [1.82, 2.24) is 5.32 Å². The van der Waals surface area contributed by atoms with Crippen LogP contribution >= 0.6 is 0 Å². The molecule has 6 nitrogen and oxygen atoms in total. The molecule has 2 fully saturated rings. The summed E-state index contributed by atoms with van der Waals surface area (Å²) in [5, 5.41) is 40.4. The van der Waals surface area contributed by atoms with Crippen LogP contribution in [0.15, 0.2) is 0 Å². The van der Waals surface area contributed by atoms with E-state index < -0.39 is 41.8 Å². The molecule has 6 heteroatoms. The number of nitrogens with one attached hydrogen (secondary N) is 1. The van der Waals surface area contributed by atoms with Gasteiger partial charge >= 0.3 is 0 Å². The number of hydrogen-bond donors (Lipinski definition) is 5. The van der Waals surface area contributed by atoms with E-state index in [1.807, 2.05) is 0 Å². The molecule has 5 N–H and O–H groups in total. The van der Waals surface area contributed by atoms with Gasteiger partial charge in [-0.1, -0.05) is 0 Å². The SMILES string of the molecule is C[C@@]1(O)C(=O)N[C@@H]2[C@H](O)[C@@H](O)[C@H](O)[C@@H]21. The normalized spacial score (nSPS) is 57.2. The fourth-order valence-electron chi connectivity index (χ4n) is 2.36. The number of fused-ring (bicyclic) bond motifs is 1. The van der Waals surface area contributed by atoms with Gasteiger partial charge in [-0.3, -0.25) is 4.79 Å². The smallest absolute Gasteiger partial charge is 0.252 e. The molecule has 0 spiro atoms. The highest BCUT2D eigenvalue weighted by atomic mass is 16.4. The second-order valence-electron chi connectivity index (χ2n) is 4.14. The van der Waals surface area contributed by atoms with Gasteiger partial charge in [0.2, 0.25) is 0 Å². The van der Waals surface area contributed by atoms with E-state index in [0.717, 1.165) is 0 Å². The lowest BCUT2D eigenvalue weighted by molar-refractivity contribution is -0.141. The first kappa shape index (κ1) is 9.85. The van der Waals surface area contributed by atoms with E-state index in [2.05, 4.69) is 5.32 Å². The van der Waals surface area contributed by atoms with Gasteiger partial charge in [0.15, 0.2) is 0 Å². The van der Waals surface area contributed by atoms with Crippen molar-refractivity contribution < 1.29 is 25.2 Å². The fourth-order valence-corrected chi connectivity index (χ4v) is 2.36. The summed E-state index contributed by atoms with van der Waals surface area (Å²) < 4.78 is 0. The molecule has 1 saturated carbocycles. The molecule has 0 radical (unpaired) electrons. The number of carbonyl (C=O) groups is 1. The molecule has 1 amide bonds. The zero-order valence-electron chi connectivity index (χ0n) is 7.58. The predicted octanol–water partition coefficient (Wildman–Crippen LogP) is -3.05. The molecule has 0 unspecified atom stereocenters. The lowest BCUT2D eigenvalue weighted by atomic mass is 9.87. The molecule has 0 aromatic carbocycles. The minimum atomic E-state index is -1.73. The molecular weight excluding hydrogens is 190 g/mol. The Balaban J connectivity index is 2.36. The van der Waals surface area contributed by atoms with E-state index in [-0.39, 0.29) is 0 Å². The molecule has 0 aromatic heterocycles. The second-order valence-corrected chi connectivity index (χ2v) is 4.14. The highest BCUT2D eigenvalue weighted by Crippen LogP contribution is 2.39. The maximum Gasteiger partial charge on any atom is 0.252 e. The summed E-state index contributed by atoms with van der Waals surface area (Å²) in [6.07, 6.45) is -3.84. The number of aliphatic hydroxyl groups excluding tert-OH is 3. The quantitative estimate of drug-likeness (QED) is 0.287. The molecule has 2 aliphatic rings. The Morgan fingerprint density at radius 2 is 1.79 bits per heavy atom. The van der Waals surface area contributed by atoms with Gasteiger partial charge in [-0.15, -0.1) is 0 Å². The van der Waals surface area contributed by atoms with E-state index >= 15 is 0 Å². The Morgan fingerprint density at radius 3 is 2.29 bits per heavy atom. The van der Waals surface area contributed by atoms with Gasteiger partial charge in [0.25, 0.3) is 5.91 Å². The van der Waals surface area contributed by atoms with Gasteiger partial charge in [0.1, 0.15) is 17.8 Å². The average Bonchev–Trinajstić information content (AvgIpc) is 2.45. The minimum absolute atomic E-state index is 0.627. The van der Waals surface area contributed by atoms with Gasteiger partial charge in [0.05, 0.1) is 12.1 Å². The van der Waals surface area contributed by atoms with Gasteiger partial charge in [0, 0.05) is 5.92 Å². The Kier molecular flexibility index (Phi) is 1.87. The van der Waals surface area contributed by atoms with E-state index in [4.69, 9.17) is 0 Å². The van der Waals surface area contributed by atoms with Crippen LogP contribution < -0.4 is 5.32 Å². The molecule has 80 valence electrons. The third kappa shape index (κ3) is 0.964. The van der Waals surface area contributed by atoms with Crippen LogP contribution in [-0.2, 0) is 4.79 Å². The zero-order chi connectivity index (χ0) is 10.7. The monoisotopic (exact) mass is 203 g/mol. The molecule has 0 aromatic rings. The number of amides is 1. The zero-order valence-corrected chi connectivity index (χ0v) is 7.58. The van der Waals surface area contributed by atoms with Crippen molar-refractivity contribution in [2.24, 2.45) is 5.92 Å². The third-order valence-electron chi connectivity index (χ3n) is 3.23. The van der Waals surface area contributed by atoms with Gasteiger partial charge in [-0.05, 0) is 6.92 Å². The minimum Gasteiger partial charge on any atom is -0.390 e. The van der Waals surface area contributed by atoms with E-state index in [1.165, 1.54) is 6.92 Å². The highest BCUT2D eigenvalue weighted by molar-refractivity contribution is 5.88. The van der Waals surface area contributed by atoms with Crippen molar-refractivity contribution in [2.45, 2.75) is 36.9 Å². The average molecular weight is 203 g/mol. The lowest BCUT2D eigenvalue weighted by Gasteiger charge is -2.24. The van der Waals surface area contributed by atoms with Crippen molar-refractivity contribution in [3.05, 3.63) is 0 Å². The lowest BCUT2D eigenvalue weighted by Crippen LogP contribution is -2.46. The van der Waals surface area contributed by atoms with Crippen LogP contribution in [0.1, 0.15) is 6.92 Å². The Morgan fingerprint density at radius 1 is 1.21 bits per heavy atom. The maximum atomic E-state index is 11.2. The third-order valence-corrected chi connectivity index (χ3v) is 3.23. The topological polar surface area (TPSA) is 110 Å². The molecule has 1 aliphatic heterocycles. The molecule has 6 atom stereocenters. The molecular formula is C8H13NO5. The van der Waals surface area contributed by atoms with Crippen LogP contribution in [0.2, 0.25) is 0 Å². The number of rotatable bonds is 0. The van der Waals surface area contributed by atoms with Crippen LogP contribution in [0, 0.1) is 5.92 Å². The largest absolute Gasteiger partial charge is 0.390 e. The van der Waals surface area contributed by atoms with Crippen LogP contribution in [0.3, 0.4) is 0 Å². The first-order chi connectivity index (χ1) is 6.37. The number of carbonyl (C=O) groups excluding carboxylic acids is 1. The van der Waals surface area contributed by atoms with Gasteiger partial charge in [-0.2, -0.15) is 0 Å². The highest BCUT2D eigenvalue weighted by Gasteiger charge is 2.63. The summed E-state index contributed by atoms with van der Waals surface area (Å²) in [6.45, 7) is 1.26. The molecule has 1 aliphatic carbocycles. The second kappa shape index (κ2) is 2.66. The first-order valence-electron chi connectivity index (χ1n) is 4.45.